The first-order valence-electron chi connectivity index (χ1n) is 7.40. The van der Waals surface area contributed by atoms with Gasteiger partial charge in [-0.1, -0.05) is 31.9 Å². The van der Waals surface area contributed by atoms with E-state index in [0.29, 0.717) is 19.1 Å². The summed E-state index contributed by atoms with van der Waals surface area (Å²) in [6.45, 7) is 3.59. The van der Waals surface area contributed by atoms with E-state index in [2.05, 4.69) is 13.0 Å². The van der Waals surface area contributed by atoms with Gasteiger partial charge in [-0.25, -0.2) is 0 Å². The zero-order valence-electron chi connectivity index (χ0n) is 11.6. The molecular weight excluding hydrogens is 238 g/mol. The van der Waals surface area contributed by atoms with Crippen molar-refractivity contribution in [1.82, 2.24) is 0 Å². The SMILES string of the molecule is CC1CCC(C(N)c2cccc3c2OCCO3)CC1. The summed E-state index contributed by atoms with van der Waals surface area (Å²) in [6, 6.07) is 6.15. The summed E-state index contributed by atoms with van der Waals surface area (Å²) in [6.07, 6.45) is 5.05. The molecule has 19 heavy (non-hydrogen) atoms. The van der Waals surface area contributed by atoms with Crippen molar-refractivity contribution in [3.8, 4) is 11.5 Å². The maximum Gasteiger partial charge on any atom is 0.166 e. The van der Waals surface area contributed by atoms with E-state index < -0.39 is 0 Å². The molecule has 3 nitrogen and oxygen atoms in total. The predicted octanol–water partition coefficient (Wildman–Crippen LogP) is 3.28. The molecule has 1 atom stereocenters. The molecule has 1 aliphatic heterocycles. The summed E-state index contributed by atoms with van der Waals surface area (Å²) in [5.74, 6) is 3.16. The van der Waals surface area contributed by atoms with Crippen molar-refractivity contribution in [3.05, 3.63) is 23.8 Å². The van der Waals surface area contributed by atoms with Crippen LogP contribution in [0.25, 0.3) is 0 Å². The summed E-state index contributed by atoms with van der Waals surface area (Å²) in [5, 5.41) is 0. The molecule has 1 heterocycles. The van der Waals surface area contributed by atoms with Gasteiger partial charge in [0, 0.05) is 11.6 Å². The maximum atomic E-state index is 6.50. The smallest absolute Gasteiger partial charge is 0.166 e. The highest BCUT2D eigenvalue weighted by atomic mass is 16.6. The van der Waals surface area contributed by atoms with Crippen molar-refractivity contribution in [2.24, 2.45) is 17.6 Å². The highest BCUT2D eigenvalue weighted by molar-refractivity contribution is 5.49. The van der Waals surface area contributed by atoms with Gasteiger partial charge in [0.2, 0.25) is 0 Å². The van der Waals surface area contributed by atoms with Crippen molar-refractivity contribution in [1.29, 1.82) is 0 Å². The minimum Gasteiger partial charge on any atom is -0.486 e. The van der Waals surface area contributed by atoms with Crippen LogP contribution in [0.1, 0.15) is 44.2 Å². The van der Waals surface area contributed by atoms with E-state index in [0.717, 1.165) is 23.0 Å². The molecule has 1 aliphatic carbocycles. The third-order valence-corrected chi connectivity index (χ3v) is 4.52. The first kappa shape index (κ1) is 12.8. The number of para-hydroxylation sites is 1. The number of ether oxygens (including phenoxy) is 2. The van der Waals surface area contributed by atoms with Crippen LogP contribution in [0.2, 0.25) is 0 Å². The highest BCUT2D eigenvalue weighted by Crippen LogP contribution is 2.42. The average molecular weight is 261 g/mol. The number of rotatable bonds is 2. The molecular formula is C16H23NO2. The first-order valence-corrected chi connectivity index (χ1v) is 7.40. The Balaban J connectivity index is 1.81. The molecule has 2 aliphatic rings. The Morgan fingerprint density at radius 2 is 1.84 bits per heavy atom. The van der Waals surface area contributed by atoms with Crippen LogP contribution in [0.3, 0.4) is 0 Å². The maximum absolute atomic E-state index is 6.50. The first-order chi connectivity index (χ1) is 9.25. The third-order valence-electron chi connectivity index (χ3n) is 4.52. The van der Waals surface area contributed by atoms with Gasteiger partial charge in [-0.2, -0.15) is 0 Å². The van der Waals surface area contributed by atoms with Crippen molar-refractivity contribution in [2.45, 2.75) is 38.6 Å². The summed E-state index contributed by atoms with van der Waals surface area (Å²) in [4.78, 5) is 0. The lowest BCUT2D eigenvalue weighted by Crippen LogP contribution is -2.27. The van der Waals surface area contributed by atoms with Crippen molar-refractivity contribution >= 4 is 0 Å². The molecule has 1 aromatic carbocycles. The largest absolute Gasteiger partial charge is 0.486 e. The number of nitrogens with two attached hydrogens (primary N) is 1. The van der Waals surface area contributed by atoms with Crippen LogP contribution in [-0.4, -0.2) is 13.2 Å². The standard InChI is InChI=1S/C16H23NO2/c1-11-5-7-12(8-6-11)15(17)13-3-2-4-14-16(13)19-10-9-18-14/h2-4,11-12,15H,5-10,17H2,1H3. The van der Waals surface area contributed by atoms with E-state index in [4.69, 9.17) is 15.2 Å². The van der Waals surface area contributed by atoms with E-state index in [1.54, 1.807) is 0 Å². The Morgan fingerprint density at radius 3 is 2.63 bits per heavy atom. The predicted molar refractivity (Wildman–Crippen MR) is 75.5 cm³/mol. The quantitative estimate of drug-likeness (QED) is 0.888. The lowest BCUT2D eigenvalue weighted by molar-refractivity contribution is 0.166. The van der Waals surface area contributed by atoms with Gasteiger partial charge in [0.25, 0.3) is 0 Å². The summed E-state index contributed by atoms with van der Waals surface area (Å²) in [7, 11) is 0. The minimum absolute atomic E-state index is 0.0733. The third kappa shape index (κ3) is 2.57. The molecule has 0 amide bonds. The highest BCUT2D eigenvalue weighted by Gasteiger charge is 2.28. The lowest BCUT2D eigenvalue weighted by Gasteiger charge is -2.32. The molecule has 0 aromatic heterocycles. The van der Waals surface area contributed by atoms with Crippen LogP contribution in [0, 0.1) is 11.8 Å². The molecule has 0 saturated heterocycles. The zero-order valence-corrected chi connectivity index (χ0v) is 11.6. The Labute approximate surface area is 115 Å². The monoisotopic (exact) mass is 261 g/mol. The topological polar surface area (TPSA) is 44.5 Å². The van der Waals surface area contributed by atoms with E-state index in [1.807, 2.05) is 12.1 Å². The van der Waals surface area contributed by atoms with Crippen molar-refractivity contribution in [3.63, 3.8) is 0 Å². The van der Waals surface area contributed by atoms with Crippen LogP contribution >= 0.6 is 0 Å². The van der Waals surface area contributed by atoms with Crippen LogP contribution in [0.15, 0.2) is 18.2 Å². The van der Waals surface area contributed by atoms with Gasteiger partial charge >= 0.3 is 0 Å². The fourth-order valence-corrected chi connectivity index (χ4v) is 3.26. The second-order valence-corrected chi connectivity index (χ2v) is 5.92. The second kappa shape index (κ2) is 5.41. The van der Waals surface area contributed by atoms with E-state index in [9.17, 15) is 0 Å². The fourth-order valence-electron chi connectivity index (χ4n) is 3.26. The average Bonchev–Trinajstić information content (AvgIpc) is 2.47. The molecule has 1 fully saturated rings. The van der Waals surface area contributed by atoms with Gasteiger partial charge in [-0.05, 0) is 30.7 Å². The Hall–Kier alpha value is -1.22. The number of hydrogen-bond acceptors (Lipinski definition) is 3. The molecule has 3 heteroatoms. The van der Waals surface area contributed by atoms with Crippen LogP contribution < -0.4 is 15.2 Å². The van der Waals surface area contributed by atoms with E-state index in [-0.39, 0.29) is 6.04 Å². The molecule has 0 bridgehead atoms. The molecule has 2 N–H and O–H groups in total. The van der Waals surface area contributed by atoms with Crippen LogP contribution in [0.4, 0.5) is 0 Å². The second-order valence-electron chi connectivity index (χ2n) is 5.92. The number of hydrogen-bond donors (Lipinski definition) is 1. The van der Waals surface area contributed by atoms with Gasteiger partial charge in [-0.3, -0.25) is 0 Å². The Bertz CT molecular complexity index is 438. The fraction of sp³-hybridized carbons (Fsp3) is 0.625. The lowest BCUT2D eigenvalue weighted by atomic mass is 9.77. The van der Waals surface area contributed by atoms with Gasteiger partial charge < -0.3 is 15.2 Å². The zero-order chi connectivity index (χ0) is 13.2. The normalized spacial score (nSPS) is 27.9. The molecule has 0 radical (unpaired) electrons. The van der Waals surface area contributed by atoms with Gasteiger partial charge in [0.05, 0.1) is 0 Å². The molecule has 3 rings (SSSR count). The number of benzene rings is 1. The van der Waals surface area contributed by atoms with E-state index >= 15 is 0 Å². The van der Waals surface area contributed by atoms with Crippen LogP contribution in [0.5, 0.6) is 11.5 Å². The molecule has 1 unspecified atom stereocenters. The molecule has 0 spiro atoms. The van der Waals surface area contributed by atoms with Crippen molar-refractivity contribution < 1.29 is 9.47 Å². The van der Waals surface area contributed by atoms with Gasteiger partial charge in [-0.15, -0.1) is 0 Å². The molecule has 104 valence electrons. The Morgan fingerprint density at radius 1 is 1.11 bits per heavy atom. The van der Waals surface area contributed by atoms with Crippen molar-refractivity contribution in [2.75, 3.05) is 13.2 Å². The van der Waals surface area contributed by atoms with E-state index in [1.165, 1.54) is 25.7 Å². The Kier molecular flexibility index (Phi) is 3.65. The molecule has 1 saturated carbocycles. The summed E-state index contributed by atoms with van der Waals surface area (Å²) >= 11 is 0. The summed E-state index contributed by atoms with van der Waals surface area (Å²) in [5.41, 5.74) is 7.63. The van der Waals surface area contributed by atoms with Crippen LogP contribution in [-0.2, 0) is 0 Å². The summed E-state index contributed by atoms with van der Waals surface area (Å²) < 4.78 is 11.4. The van der Waals surface area contributed by atoms with Gasteiger partial charge in [0.1, 0.15) is 13.2 Å². The molecule has 1 aromatic rings. The number of fused-ring (bicyclic) bond motifs is 1. The minimum atomic E-state index is 0.0733. The van der Waals surface area contributed by atoms with Gasteiger partial charge in [0.15, 0.2) is 11.5 Å².